The molecule has 0 bridgehead atoms. The minimum absolute atomic E-state index is 0.147. The van der Waals surface area contributed by atoms with Gasteiger partial charge in [0.2, 0.25) is 0 Å². The van der Waals surface area contributed by atoms with Gasteiger partial charge in [0, 0.05) is 0 Å². The maximum atomic E-state index is 12.0. The maximum absolute atomic E-state index is 12.0. The lowest BCUT2D eigenvalue weighted by atomic mass is 9.83. The highest BCUT2D eigenvalue weighted by molar-refractivity contribution is 6.07. The standard InChI is InChI=1S/C14H16N2O2/c17-12-14(16-13(18)15-12)8-4-7-11(14)9-10-5-2-1-3-6-10/h1-3,5-6,11H,4,7-9H2,(H2,15,16,17,18). The zero-order valence-electron chi connectivity index (χ0n) is 10.1. The van der Waals surface area contributed by atoms with Crippen molar-refractivity contribution in [3.8, 4) is 0 Å². The summed E-state index contributed by atoms with van der Waals surface area (Å²) in [5.41, 5.74) is 0.560. The lowest BCUT2D eigenvalue weighted by Gasteiger charge is -2.28. The van der Waals surface area contributed by atoms with E-state index < -0.39 is 5.54 Å². The fourth-order valence-electron chi connectivity index (χ4n) is 3.22. The molecule has 1 aromatic carbocycles. The predicted octanol–water partition coefficient (Wildman–Crippen LogP) is 1.61. The second kappa shape index (κ2) is 4.12. The normalized spacial score (nSPS) is 30.6. The van der Waals surface area contributed by atoms with Crippen molar-refractivity contribution in [1.82, 2.24) is 10.6 Å². The quantitative estimate of drug-likeness (QED) is 0.776. The Morgan fingerprint density at radius 2 is 2.00 bits per heavy atom. The summed E-state index contributed by atoms with van der Waals surface area (Å²) in [7, 11) is 0. The maximum Gasteiger partial charge on any atom is 0.322 e. The Balaban J connectivity index is 1.84. The van der Waals surface area contributed by atoms with Gasteiger partial charge in [-0.1, -0.05) is 36.8 Å². The number of rotatable bonds is 2. The second-order valence-electron chi connectivity index (χ2n) is 5.16. The van der Waals surface area contributed by atoms with Gasteiger partial charge in [0.1, 0.15) is 5.54 Å². The van der Waals surface area contributed by atoms with E-state index in [1.165, 1.54) is 5.56 Å². The van der Waals surface area contributed by atoms with Gasteiger partial charge in [-0.15, -0.1) is 0 Å². The van der Waals surface area contributed by atoms with Crippen LogP contribution in [0.1, 0.15) is 24.8 Å². The molecule has 1 aromatic rings. The van der Waals surface area contributed by atoms with Crippen LogP contribution in [0.5, 0.6) is 0 Å². The third-order valence-corrected chi connectivity index (χ3v) is 4.11. The van der Waals surface area contributed by atoms with Crippen molar-refractivity contribution in [3.05, 3.63) is 35.9 Å². The molecule has 0 radical (unpaired) electrons. The zero-order valence-corrected chi connectivity index (χ0v) is 10.1. The van der Waals surface area contributed by atoms with Gasteiger partial charge in [0.05, 0.1) is 0 Å². The van der Waals surface area contributed by atoms with Crippen molar-refractivity contribution in [2.24, 2.45) is 5.92 Å². The molecule has 1 heterocycles. The van der Waals surface area contributed by atoms with Crippen LogP contribution in [0, 0.1) is 5.92 Å². The highest BCUT2D eigenvalue weighted by atomic mass is 16.2. The van der Waals surface area contributed by atoms with Gasteiger partial charge in [0.15, 0.2) is 0 Å². The minimum atomic E-state index is -0.660. The first-order valence-corrected chi connectivity index (χ1v) is 6.38. The molecule has 2 N–H and O–H groups in total. The van der Waals surface area contributed by atoms with E-state index in [-0.39, 0.29) is 17.9 Å². The lowest BCUT2D eigenvalue weighted by Crippen LogP contribution is -2.50. The smallest absolute Gasteiger partial charge is 0.322 e. The van der Waals surface area contributed by atoms with Crippen LogP contribution in [-0.2, 0) is 11.2 Å². The van der Waals surface area contributed by atoms with Crippen LogP contribution in [0.4, 0.5) is 4.79 Å². The molecule has 2 fully saturated rings. The first-order valence-electron chi connectivity index (χ1n) is 6.38. The van der Waals surface area contributed by atoms with Crippen molar-refractivity contribution in [2.45, 2.75) is 31.2 Å². The van der Waals surface area contributed by atoms with Gasteiger partial charge >= 0.3 is 6.03 Å². The van der Waals surface area contributed by atoms with Crippen LogP contribution in [0.25, 0.3) is 0 Å². The average Bonchev–Trinajstić information content (AvgIpc) is 2.87. The number of hydrogen-bond donors (Lipinski definition) is 2. The molecular weight excluding hydrogens is 228 g/mol. The summed E-state index contributed by atoms with van der Waals surface area (Å²) < 4.78 is 0. The molecular formula is C14H16N2O2. The molecule has 1 saturated heterocycles. The average molecular weight is 244 g/mol. The highest BCUT2D eigenvalue weighted by Gasteiger charge is 2.53. The van der Waals surface area contributed by atoms with Crippen LogP contribution in [0.15, 0.2) is 30.3 Å². The SMILES string of the molecule is O=C1NC(=O)C2(CCCC2Cc2ccccc2)N1. The number of carbonyl (C=O) groups excluding carboxylic acids is 2. The molecule has 2 unspecified atom stereocenters. The second-order valence-corrected chi connectivity index (χ2v) is 5.16. The van der Waals surface area contributed by atoms with Crippen molar-refractivity contribution >= 4 is 11.9 Å². The van der Waals surface area contributed by atoms with E-state index in [1.807, 2.05) is 18.2 Å². The van der Waals surface area contributed by atoms with Crippen LogP contribution in [-0.4, -0.2) is 17.5 Å². The van der Waals surface area contributed by atoms with E-state index in [1.54, 1.807) is 0 Å². The number of imide groups is 1. The Morgan fingerprint density at radius 1 is 1.22 bits per heavy atom. The number of carbonyl (C=O) groups is 2. The van der Waals surface area contributed by atoms with E-state index in [9.17, 15) is 9.59 Å². The summed E-state index contributed by atoms with van der Waals surface area (Å²) in [5.74, 6) is 0.0530. The Kier molecular flexibility index (Phi) is 2.58. The fraction of sp³-hybridized carbons (Fsp3) is 0.429. The monoisotopic (exact) mass is 244 g/mol. The Morgan fingerprint density at radius 3 is 2.67 bits per heavy atom. The molecule has 2 aliphatic rings. The Hall–Kier alpha value is -1.84. The predicted molar refractivity (Wildman–Crippen MR) is 66.9 cm³/mol. The fourth-order valence-corrected chi connectivity index (χ4v) is 3.22. The summed E-state index contributed by atoms with van der Waals surface area (Å²) in [6.07, 6.45) is 3.57. The van der Waals surface area contributed by atoms with E-state index in [4.69, 9.17) is 0 Å². The van der Waals surface area contributed by atoms with Gasteiger partial charge in [-0.25, -0.2) is 4.79 Å². The Labute approximate surface area is 106 Å². The zero-order chi connectivity index (χ0) is 12.6. The van der Waals surface area contributed by atoms with Crippen molar-refractivity contribution in [1.29, 1.82) is 0 Å². The molecule has 1 spiro atoms. The lowest BCUT2D eigenvalue weighted by molar-refractivity contribution is -0.125. The van der Waals surface area contributed by atoms with Crippen molar-refractivity contribution in [2.75, 3.05) is 0 Å². The molecule has 0 aromatic heterocycles. The molecule has 4 nitrogen and oxygen atoms in total. The van der Waals surface area contributed by atoms with Crippen molar-refractivity contribution < 1.29 is 9.59 Å². The highest BCUT2D eigenvalue weighted by Crippen LogP contribution is 2.39. The molecule has 3 amide bonds. The molecule has 2 atom stereocenters. The molecule has 3 rings (SSSR count). The van der Waals surface area contributed by atoms with E-state index in [0.29, 0.717) is 0 Å². The number of urea groups is 1. The summed E-state index contributed by atoms with van der Waals surface area (Å²) in [4.78, 5) is 23.4. The van der Waals surface area contributed by atoms with Crippen molar-refractivity contribution in [3.63, 3.8) is 0 Å². The first-order chi connectivity index (χ1) is 8.71. The molecule has 94 valence electrons. The summed E-state index contributed by atoms with van der Waals surface area (Å²) in [6, 6.07) is 9.79. The summed E-state index contributed by atoms with van der Waals surface area (Å²) in [5, 5.41) is 5.23. The van der Waals surface area contributed by atoms with Gasteiger partial charge in [-0.2, -0.15) is 0 Å². The summed E-state index contributed by atoms with van der Waals surface area (Å²) in [6.45, 7) is 0. The number of amides is 3. The minimum Gasteiger partial charge on any atom is -0.323 e. The third-order valence-electron chi connectivity index (χ3n) is 4.11. The molecule has 18 heavy (non-hydrogen) atoms. The van der Waals surface area contributed by atoms with Crippen LogP contribution in [0.3, 0.4) is 0 Å². The third kappa shape index (κ3) is 1.68. The van der Waals surface area contributed by atoms with Gasteiger partial charge in [-0.3, -0.25) is 10.1 Å². The van der Waals surface area contributed by atoms with E-state index >= 15 is 0 Å². The number of nitrogens with one attached hydrogen (secondary N) is 2. The summed E-state index contributed by atoms with van der Waals surface area (Å²) >= 11 is 0. The van der Waals surface area contributed by atoms with Gasteiger partial charge < -0.3 is 5.32 Å². The van der Waals surface area contributed by atoms with Crippen LogP contribution in [0.2, 0.25) is 0 Å². The first kappa shape index (κ1) is 11.3. The Bertz CT molecular complexity index is 486. The molecule has 4 heteroatoms. The van der Waals surface area contributed by atoms with Gasteiger partial charge in [0.25, 0.3) is 5.91 Å². The molecule has 1 aliphatic heterocycles. The van der Waals surface area contributed by atoms with E-state index in [0.717, 1.165) is 25.7 Å². The van der Waals surface area contributed by atoms with Crippen LogP contribution >= 0.6 is 0 Å². The molecule has 1 saturated carbocycles. The van der Waals surface area contributed by atoms with Crippen LogP contribution < -0.4 is 10.6 Å². The topological polar surface area (TPSA) is 58.2 Å². The number of benzene rings is 1. The largest absolute Gasteiger partial charge is 0.323 e. The molecule has 1 aliphatic carbocycles. The van der Waals surface area contributed by atoms with E-state index in [2.05, 4.69) is 22.8 Å². The number of hydrogen-bond acceptors (Lipinski definition) is 2. The van der Waals surface area contributed by atoms with Gasteiger partial charge in [-0.05, 0) is 30.7 Å².